The van der Waals surface area contributed by atoms with Gasteiger partial charge in [0.1, 0.15) is 6.42 Å². The second-order valence-corrected chi connectivity index (χ2v) is 3.49. The Morgan fingerprint density at radius 3 is 2.72 bits per heavy atom. The fourth-order valence-corrected chi connectivity index (χ4v) is 1.45. The van der Waals surface area contributed by atoms with Gasteiger partial charge in [-0.1, -0.05) is 11.8 Å². The van der Waals surface area contributed by atoms with Crippen LogP contribution in [0.5, 0.6) is 0 Å². The van der Waals surface area contributed by atoms with Crippen molar-refractivity contribution in [2.75, 3.05) is 7.11 Å². The van der Waals surface area contributed by atoms with E-state index in [-0.39, 0.29) is 17.5 Å². The molecule has 0 spiro atoms. The molecule has 0 saturated heterocycles. The van der Waals surface area contributed by atoms with Gasteiger partial charge in [-0.3, -0.25) is 4.79 Å². The van der Waals surface area contributed by atoms with Gasteiger partial charge in [0.25, 0.3) is 0 Å². The lowest BCUT2D eigenvalue weighted by molar-refractivity contribution is -0.139. The first-order valence-electron chi connectivity index (χ1n) is 5.08. The third-order valence-electron chi connectivity index (χ3n) is 2.34. The lowest BCUT2D eigenvalue weighted by Gasteiger charge is -1.93. The number of fused-ring (bicyclic) bond motifs is 1. The van der Waals surface area contributed by atoms with Crippen LogP contribution in [0.25, 0.3) is 0 Å². The van der Waals surface area contributed by atoms with E-state index in [4.69, 9.17) is 0 Å². The quantitative estimate of drug-likeness (QED) is 0.417. The van der Waals surface area contributed by atoms with Crippen molar-refractivity contribution in [2.45, 2.75) is 6.42 Å². The van der Waals surface area contributed by atoms with Crippen molar-refractivity contribution in [1.29, 1.82) is 0 Å². The summed E-state index contributed by atoms with van der Waals surface area (Å²) in [4.78, 5) is 33.3. The van der Waals surface area contributed by atoms with Crippen LogP contribution in [0.4, 0.5) is 0 Å². The van der Waals surface area contributed by atoms with Crippen molar-refractivity contribution in [3.8, 4) is 11.8 Å². The highest BCUT2D eigenvalue weighted by Gasteiger charge is 2.29. The van der Waals surface area contributed by atoms with E-state index in [1.165, 1.54) is 19.2 Å². The summed E-state index contributed by atoms with van der Waals surface area (Å²) in [5.74, 6) is 3.56. The van der Waals surface area contributed by atoms with E-state index in [0.717, 1.165) is 0 Å². The van der Waals surface area contributed by atoms with E-state index in [2.05, 4.69) is 21.3 Å². The predicted molar refractivity (Wildman–Crippen MR) is 59.7 cm³/mol. The standard InChI is InChI=1S/C13H8O5/c1-17-11(14)4-2-3-8-5-6-9-10(7-8)13(16)18-12(9)15/h5-7H,4H2,1H3. The van der Waals surface area contributed by atoms with Crippen LogP contribution >= 0.6 is 0 Å². The second kappa shape index (κ2) is 4.72. The summed E-state index contributed by atoms with van der Waals surface area (Å²) >= 11 is 0. The van der Waals surface area contributed by atoms with Crippen LogP contribution in [0.2, 0.25) is 0 Å². The zero-order valence-electron chi connectivity index (χ0n) is 9.48. The Balaban J connectivity index is 2.22. The lowest BCUT2D eigenvalue weighted by atomic mass is 10.1. The van der Waals surface area contributed by atoms with Gasteiger partial charge in [-0.2, -0.15) is 0 Å². The van der Waals surface area contributed by atoms with E-state index in [0.29, 0.717) is 5.56 Å². The van der Waals surface area contributed by atoms with Gasteiger partial charge < -0.3 is 9.47 Å². The third kappa shape index (κ3) is 2.23. The Labute approximate surface area is 103 Å². The van der Waals surface area contributed by atoms with Crippen molar-refractivity contribution in [3.05, 3.63) is 34.9 Å². The summed E-state index contributed by atoms with van der Waals surface area (Å²) in [5, 5.41) is 0. The molecule has 0 aliphatic carbocycles. The van der Waals surface area contributed by atoms with E-state index in [9.17, 15) is 14.4 Å². The average molecular weight is 244 g/mol. The first-order valence-corrected chi connectivity index (χ1v) is 5.08. The van der Waals surface area contributed by atoms with E-state index < -0.39 is 17.9 Å². The van der Waals surface area contributed by atoms with Crippen molar-refractivity contribution in [1.82, 2.24) is 0 Å². The SMILES string of the molecule is COC(=O)CC#Cc1ccc2c(c1)C(=O)OC2=O. The largest absolute Gasteiger partial charge is 0.468 e. The van der Waals surface area contributed by atoms with Gasteiger partial charge in [-0.25, -0.2) is 9.59 Å². The minimum Gasteiger partial charge on any atom is -0.468 e. The number of ether oxygens (including phenoxy) is 2. The molecule has 1 aromatic rings. The third-order valence-corrected chi connectivity index (χ3v) is 2.34. The molecule has 0 atom stereocenters. The first kappa shape index (κ1) is 11.9. The molecule has 0 aromatic heterocycles. The maximum absolute atomic E-state index is 11.3. The Morgan fingerprint density at radius 2 is 2.00 bits per heavy atom. The molecule has 18 heavy (non-hydrogen) atoms. The number of cyclic esters (lactones) is 2. The molecule has 0 unspecified atom stereocenters. The molecule has 5 heteroatoms. The number of carbonyl (C=O) groups excluding carboxylic acids is 3. The molecule has 1 aliphatic rings. The van der Waals surface area contributed by atoms with E-state index in [1.807, 2.05) is 0 Å². The first-order chi connectivity index (χ1) is 8.61. The van der Waals surface area contributed by atoms with Gasteiger partial charge in [0.05, 0.1) is 18.2 Å². The van der Waals surface area contributed by atoms with Crippen LogP contribution in [0.3, 0.4) is 0 Å². The number of carbonyl (C=O) groups is 3. The minimum atomic E-state index is -0.674. The fraction of sp³-hybridized carbons (Fsp3) is 0.154. The van der Waals surface area contributed by atoms with Gasteiger partial charge in [0.15, 0.2) is 0 Å². The smallest absolute Gasteiger partial charge is 0.346 e. The molecule has 1 aliphatic heterocycles. The van der Waals surface area contributed by atoms with Gasteiger partial charge in [-0.05, 0) is 18.2 Å². The maximum Gasteiger partial charge on any atom is 0.346 e. The molecule has 0 radical (unpaired) electrons. The molecular weight excluding hydrogens is 236 g/mol. The summed E-state index contributed by atoms with van der Waals surface area (Å²) in [7, 11) is 1.28. The average Bonchev–Trinajstić information content (AvgIpc) is 2.64. The van der Waals surface area contributed by atoms with Crippen LogP contribution < -0.4 is 0 Å². The zero-order valence-corrected chi connectivity index (χ0v) is 9.48. The number of hydrogen-bond acceptors (Lipinski definition) is 5. The van der Waals surface area contributed by atoms with Crippen LogP contribution in [-0.4, -0.2) is 25.0 Å². The number of hydrogen-bond donors (Lipinski definition) is 0. The molecule has 2 rings (SSSR count). The molecule has 1 aromatic carbocycles. The normalized spacial score (nSPS) is 12.3. The van der Waals surface area contributed by atoms with E-state index >= 15 is 0 Å². The molecule has 0 fully saturated rings. The number of esters is 3. The van der Waals surface area contributed by atoms with Crippen LogP contribution in [0.15, 0.2) is 18.2 Å². The summed E-state index contributed by atoms with van der Waals surface area (Å²) in [6, 6.07) is 4.53. The number of rotatable bonds is 1. The second-order valence-electron chi connectivity index (χ2n) is 3.49. The Kier molecular flexibility index (Phi) is 3.11. The van der Waals surface area contributed by atoms with Gasteiger partial charge in [-0.15, -0.1) is 0 Å². The Hall–Kier alpha value is -2.61. The van der Waals surface area contributed by atoms with Crippen LogP contribution in [-0.2, 0) is 14.3 Å². The Bertz CT molecular complexity index is 604. The summed E-state index contributed by atoms with van der Waals surface area (Å²) in [6.07, 6.45) is -0.0308. The van der Waals surface area contributed by atoms with Crippen molar-refractivity contribution in [3.63, 3.8) is 0 Å². The highest BCUT2D eigenvalue weighted by molar-refractivity contribution is 6.14. The Morgan fingerprint density at radius 1 is 1.28 bits per heavy atom. The molecule has 0 N–H and O–H groups in total. The van der Waals surface area contributed by atoms with Gasteiger partial charge >= 0.3 is 17.9 Å². The monoisotopic (exact) mass is 244 g/mol. The molecule has 1 heterocycles. The van der Waals surface area contributed by atoms with Crippen molar-refractivity contribution in [2.24, 2.45) is 0 Å². The highest BCUT2D eigenvalue weighted by atomic mass is 16.6. The number of benzene rings is 1. The molecule has 5 nitrogen and oxygen atoms in total. The topological polar surface area (TPSA) is 69.7 Å². The summed E-state index contributed by atoms with van der Waals surface area (Å²) in [5.41, 5.74) is 0.965. The molecule has 0 amide bonds. The van der Waals surface area contributed by atoms with Crippen LogP contribution in [0.1, 0.15) is 32.7 Å². The number of methoxy groups -OCH3 is 1. The van der Waals surface area contributed by atoms with Crippen molar-refractivity contribution < 1.29 is 23.9 Å². The zero-order chi connectivity index (χ0) is 13.1. The summed E-state index contributed by atoms with van der Waals surface area (Å²) < 4.78 is 8.88. The molecular formula is C13H8O5. The maximum atomic E-state index is 11.3. The minimum absolute atomic E-state index is 0.0308. The lowest BCUT2D eigenvalue weighted by Crippen LogP contribution is -1.97. The van der Waals surface area contributed by atoms with Crippen LogP contribution in [0, 0.1) is 11.8 Å². The summed E-state index contributed by atoms with van der Waals surface area (Å²) in [6.45, 7) is 0. The molecule has 0 bridgehead atoms. The predicted octanol–water partition coefficient (Wildman–Crippen LogP) is 0.912. The van der Waals surface area contributed by atoms with Gasteiger partial charge in [0.2, 0.25) is 0 Å². The fourth-order valence-electron chi connectivity index (χ4n) is 1.45. The molecule has 0 saturated carbocycles. The van der Waals surface area contributed by atoms with Gasteiger partial charge in [0, 0.05) is 5.56 Å². The molecule has 90 valence electrons. The highest BCUT2D eigenvalue weighted by Crippen LogP contribution is 2.20. The van der Waals surface area contributed by atoms with E-state index in [1.54, 1.807) is 6.07 Å². The van der Waals surface area contributed by atoms with Crippen molar-refractivity contribution >= 4 is 17.9 Å².